The highest BCUT2D eigenvalue weighted by atomic mass is 79.9. The summed E-state index contributed by atoms with van der Waals surface area (Å²) in [6.45, 7) is 0. The molecule has 0 saturated heterocycles. The minimum Gasteiger partial charge on any atom is -0.388 e. The Labute approximate surface area is 126 Å². The molecule has 5 heteroatoms. The second kappa shape index (κ2) is 6.11. The van der Waals surface area contributed by atoms with E-state index in [4.69, 9.17) is 0 Å². The van der Waals surface area contributed by atoms with Crippen molar-refractivity contribution >= 4 is 31.9 Å². The van der Waals surface area contributed by atoms with Gasteiger partial charge in [-0.3, -0.25) is 0 Å². The molecule has 0 amide bonds. The molecular formula is C14H10Br2F2O. The van der Waals surface area contributed by atoms with E-state index in [1.807, 2.05) is 24.3 Å². The fourth-order valence-corrected chi connectivity index (χ4v) is 2.60. The molecule has 0 radical (unpaired) electrons. The van der Waals surface area contributed by atoms with Crippen molar-refractivity contribution in [3.63, 3.8) is 0 Å². The lowest BCUT2D eigenvalue weighted by Gasteiger charge is -2.13. The van der Waals surface area contributed by atoms with Crippen LogP contribution in [0, 0.1) is 11.6 Å². The number of rotatable bonds is 3. The van der Waals surface area contributed by atoms with Crippen molar-refractivity contribution < 1.29 is 13.9 Å². The topological polar surface area (TPSA) is 20.2 Å². The molecule has 1 N–H and O–H groups in total. The van der Waals surface area contributed by atoms with Crippen molar-refractivity contribution in [1.82, 2.24) is 0 Å². The summed E-state index contributed by atoms with van der Waals surface area (Å²) in [4.78, 5) is 0. The molecular weight excluding hydrogens is 382 g/mol. The molecule has 100 valence electrons. The van der Waals surface area contributed by atoms with E-state index < -0.39 is 17.7 Å². The Morgan fingerprint density at radius 1 is 1.00 bits per heavy atom. The van der Waals surface area contributed by atoms with Crippen LogP contribution in [0.4, 0.5) is 8.78 Å². The lowest BCUT2D eigenvalue weighted by molar-refractivity contribution is 0.177. The van der Waals surface area contributed by atoms with E-state index in [1.54, 1.807) is 0 Å². The molecule has 0 bridgehead atoms. The summed E-state index contributed by atoms with van der Waals surface area (Å²) in [7, 11) is 0. The standard InChI is InChI=1S/C14H10Br2F2O/c15-9-3-1-8(2-4-9)7-12(19)10-5-6-11(17)14(18)13(10)16/h1-6,12,19H,7H2. The normalized spacial score (nSPS) is 12.5. The molecule has 0 spiro atoms. The second-order valence-corrected chi connectivity index (χ2v) is 5.82. The third kappa shape index (κ3) is 3.41. The van der Waals surface area contributed by atoms with Gasteiger partial charge in [0.15, 0.2) is 11.6 Å². The number of halogens is 4. The van der Waals surface area contributed by atoms with Crippen molar-refractivity contribution in [3.8, 4) is 0 Å². The van der Waals surface area contributed by atoms with Gasteiger partial charge in [-0.2, -0.15) is 0 Å². The first-order chi connectivity index (χ1) is 8.99. The van der Waals surface area contributed by atoms with E-state index in [9.17, 15) is 13.9 Å². The minimum absolute atomic E-state index is 0.0305. The Kier molecular flexibility index (Phi) is 4.71. The van der Waals surface area contributed by atoms with Gasteiger partial charge < -0.3 is 5.11 Å². The molecule has 0 aromatic heterocycles. The summed E-state index contributed by atoms with van der Waals surface area (Å²) in [6.07, 6.45) is -0.567. The minimum atomic E-state index is -0.979. The highest BCUT2D eigenvalue weighted by molar-refractivity contribution is 9.10. The predicted octanol–water partition coefficient (Wildman–Crippen LogP) is 4.77. The van der Waals surface area contributed by atoms with Crippen LogP contribution in [0.5, 0.6) is 0 Å². The number of aliphatic hydroxyl groups is 1. The zero-order valence-electron chi connectivity index (χ0n) is 9.71. The fraction of sp³-hybridized carbons (Fsp3) is 0.143. The van der Waals surface area contributed by atoms with Gasteiger partial charge in [0, 0.05) is 10.9 Å². The molecule has 2 rings (SSSR count). The maximum absolute atomic E-state index is 13.4. The van der Waals surface area contributed by atoms with Crippen LogP contribution >= 0.6 is 31.9 Å². The molecule has 0 heterocycles. The average molecular weight is 392 g/mol. The van der Waals surface area contributed by atoms with Crippen molar-refractivity contribution in [3.05, 3.63) is 68.1 Å². The largest absolute Gasteiger partial charge is 0.388 e. The average Bonchev–Trinajstić information content (AvgIpc) is 2.39. The van der Waals surface area contributed by atoms with Crippen LogP contribution in [0.2, 0.25) is 0 Å². The lowest BCUT2D eigenvalue weighted by Crippen LogP contribution is -2.04. The predicted molar refractivity (Wildman–Crippen MR) is 76.9 cm³/mol. The van der Waals surface area contributed by atoms with Gasteiger partial charge in [-0.05, 0) is 45.3 Å². The second-order valence-electron chi connectivity index (χ2n) is 4.11. The van der Waals surface area contributed by atoms with Crippen LogP contribution in [0.25, 0.3) is 0 Å². The van der Waals surface area contributed by atoms with E-state index in [-0.39, 0.29) is 4.47 Å². The third-order valence-electron chi connectivity index (χ3n) is 2.77. The van der Waals surface area contributed by atoms with Gasteiger partial charge in [0.2, 0.25) is 0 Å². The Morgan fingerprint density at radius 2 is 1.63 bits per heavy atom. The van der Waals surface area contributed by atoms with Crippen molar-refractivity contribution in [2.45, 2.75) is 12.5 Å². The summed E-state index contributed by atoms with van der Waals surface area (Å²) >= 11 is 6.30. The number of hydrogen-bond donors (Lipinski definition) is 1. The summed E-state index contributed by atoms with van der Waals surface area (Å²) in [6, 6.07) is 9.85. The van der Waals surface area contributed by atoms with Gasteiger partial charge in [0.25, 0.3) is 0 Å². The Morgan fingerprint density at radius 3 is 2.26 bits per heavy atom. The summed E-state index contributed by atoms with van der Waals surface area (Å²) in [5.41, 5.74) is 1.24. The van der Waals surface area contributed by atoms with Gasteiger partial charge in [0.1, 0.15) is 0 Å². The monoisotopic (exact) mass is 390 g/mol. The molecule has 0 fully saturated rings. The number of benzene rings is 2. The Bertz CT molecular complexity index is 585. The molecule has 0 aliphatic heterocycles. The zero-order valence-corrected chi connectivity index (χ0v) is 12.9. The maximum atomic E-state index is 13.4. The first-order valence-corrected chi connectivity index (χ1v) is 7.13. The van der Waals surface area contributed by atoms with Gasteiger partial charge in [0.05, 0.1) is 10.6 Å². The maximum Gasteiger partial charge on any atom is 0.173 e. The van der Waals surface area contributed by atoms with Crippen LogP contribution in [0.3, 0.4) is 0 Å². The van der Waals surface area contributed by atoms with Crippen LogP contribution in [0.1, 0.15) is 17.2 Å². The van der Waals surface area contributed by atoms with Gasteiger partial charge >= 0.3 is 0 Å². The van der Waals surface area contributed by atoms with Gasteiger partial charge in [-0.15, -0.1) is 0 Å². The van der Waals surface area contributed by atoms with Gasteiger partial charge in [-0.25, -0.2) is 8.78 Å². The van der Waals surface area contributed by atoms with Crippen LogP contribution in [0.15, 0.2) is 45.3 Å². The highest BCUT2D eigenvalue weighted by Crippen LogP contribution is 2.29. The first-order valence-electron chi connectivity index (χ1n) is 5.55. The lowest BCUT2D eigenvalue weighted by atomic mass is 10.0. The van der Waals surface area contributed by atoms with Crippen LogP contribution < -0.4 is 0 Å². The van der Waals surface area contributed by atoms with E-state index in [1.165, 1.54) is 6.07 Å². The third-order valence-corrected chi connectivity index (χ3v) is 4.10. The Hall–Kier alpha value is -0.780. The SMILES string of the molecule is OC(Cc1ccc(Br)cc1)c1ccc(F)c(F)c1Br. The van der Waals surface area contributed by atoms with E-state index >= 15 is 0 Å². The summed E-state index contributed by atoms with van der Waals surface area (Å²) in [5.74, 6) is -1.92. The molecule has 2 aromatic rings. The van der Waals surface area contributed by atoms with Crippen molar-refractivity contribution in [2.24, 2.45) is 0 Å². The van der Waals surface area contributed by atoms with E-state index in [0.29, 0.717) is 12.0 Å². The first kappa shape index (κ1) is 14.6. The molecule has 0 saturated carbocycles. The quantitative estimate of drug-likeness (QED) is 0.747. The van der Waals surface area contributed by atoms with Crippen LogP contribution in [-0.4, -0.2) is 5.11 Å². The molecule has 0 aliphatic carbocycles. The summed E-state index contributed by atoms with van der Waals surface area (Å²) in [5, 5.41) is 10.1. The number of hydrogen-bond acceptors (Lipinski definition) is 1. The molecule has 19 heavy (non-hydrogen) atoms. The number of aliphatic hydroxyl groups excluding tert-OH is 1. The highest BCUT2D eigenvalue weighted by Gasteiger charge is 2.17. The molecule has 1 unspecified atom stereocenters. The zero-order chi connectivity index (χ0) is 14.0. The van der Waals surface area contributed by atoms with Crippen LogP contribution in [-0.2, 0) is 6.42 Å². The molecule has 1 atom stereocenters. The molecule has 1 nitrogen and oxygen atoms in total. The van der Waals surface area contributed by atoms with E-state index in [2.05, 4.69) is 31.9 Å². The fourth-order valence-electron chi connectivity index (χ4n) is 1.75. The molecule has 2 aromatic carbocycles. The summed E-state index contributed by atoms with van der Waals surface area (Å²) < 4.78 is 27.3. The van der Waals surface area contributed by atoms with Crippen molar-refractivity contribution in [1.29, 1.82) is 0 Å². The van der Waals surface area contributed by atoms with Crippen molar-refractivity contribution in [2.75, 3.05) is 0 Å². The van der Waals surface area contributed by atoms with E-state index in [0.717, 1.165) is 16.1 Å². The Balaban J connectivity index is 2.23. The molecule has 0 aliphatic rings. The smallest absolute Gasteiger partial charge is 0.173 e. The van der Waals surface area contributed by atoms with Gasteiger partial charge in [-0.1, -0.05) is 34.1 Å².